The summed E-state index contributed by atoms with van der Waals surface area (Å²) in [7, 11) is 1.96. The summed E-state index contributed by atoms with van der Waals surface area (Å²) in [6.07, 6.45) is 9.66. The highest BCUT2D eigenvalue weighted by Gasteiger charge is 2.40. The van der Waals surface area contributed by atoms with Crippen LogP contribution in [0, 0.1) is 12.3 Å². The number of carbonyl (C=O) groups excluding carboxylic acids is 1. The van der Waals surface area contributed by atoms with Crippen LogP contribution in [0.1, 0.15) is 43.0 Å². The van der Waals surface area contributed by atoms with Crippen molar-refractivity contribution in [1.29, 1.82) is 0 Å². The summed E-state index contributed by atoms with van der Waals surface area (Å²) < 4.78 is 1.91. The maximum Gasteiger partial charge on any atom is 0.222 e. The summed E-state index contributed by atoms with van der Waals surface area (Å²) in [5, 5.41) is 12.7. The van der Waals surface area contributed by atoms with Crippen molar-refractivity contribution in [3.05, 3.63) is 53.9 Å². The van der Waals surface area contributed by atoms with Gasteiger partial charge in [-0.25, -0.2) is 0 Å². The number of nitrogens with zero attached hydrogens (tertiary/aromatic N) is 6. The third-order valence-electron chi connectivity index (χ3n) is 6.06. The van der Waals surface area contributed by atoms with E-state index in [1.54, 1.807) is 0 Å². The van der Waals surface area contributed by atoms with Crippen LogP contribution < -0.4 is 0 Å². The zero-order chi connectivity index (χ0) is 21.0. The van der Waals surface area contributed by atoms with Gasteiger partial charge >= 0.3 is 0 Å². The van der Waals surface area contributed by atoms with Gasteiger partial charge in [0.2, 0.25) is 5.91 Å². The monoisotopic (exact) mass is 404 g/mol. The van der Waals surface area contributed by atoms with Crippen LogP contribution in [0.15, 0.2) is 52.8 Å². The molecule has 7 nitrogen and oxygen atoms in total. The van der Waals surface area contributed by atoms with E-state index in [9.17, 15) is 4.79 Å². The Hall–Kier alpha value is -2.98. The van der Waals surface area contributed by atoms with Gasteiger partial charge in [0, 0.05) is 65.1 Å². The van der Waals surface area contributed by atoms with Gasteiger partial charge in [-0.05, 0) is 11.6 Å². The molecule has 1 aromatic carbocycles. The SMILES string of the molecule is C#CCCC1(CCC(=O)N2CCN(Cc3ccccc3)C(c3ccnn3C)C2)N=N1. The standard InChI is InChI=1S/C23H28N6O/c1-3-4-12-23(25-26-23)13-10-22(30)29-16-15-28(17-19-8-6-5-7-9-19)21(18-29)20-11-14-24-27(20)2/h1,5-9,11,14,21H,4,10,12-13,15-18H2,2H3. The first-order valence-electron chi connectivity index (χ1n) is 10.5. The summed E-state index contributed by atoms with van der Waals surface area (Å²) in [5.41, 5.74) is 2.00. The predicted molar refractivity (Wildman–Crippen MR) is 114 cm³/mol. The van der Waals surface area contributed by atoms with E-state index in [1.807, 2.05) is 35.0 Å². The number of piperazine rings is 1. The number of hydrogen-bond acceptors (Lipinski definition) is 5. The average Bonchev–Trinajstić information content (AvgIpc) is 3.42. The maximum atomic E-state index is 13.0. The van der Waals surface area contributed by atoms with Gasteiger partial charge in [-0.15, -0.1) is 12.3 Å². The minimum absolute atomic E-state index is 0.112. The van der Waals surface area contributed by atoms with Crippen molar-refractivity contribution >= 4 is 5.91 Å². The van der Waals surface area contributed by atoms with Gasteiger partial charge in [0.05, 0.1) is 11.7 Å². The van der Waals surface area contributed by atoms with E-state index in [4.69, 9.17) is 6.42 Å². The first-order valence-corrected chi connectivity index (χ1v) is 10.5. The number of rotatable bonds is 8. The molecule has 30 heavy (non-hydrogen) atoms. The maximum absolute atomic E-state index is 13.0. The number of carbonyl (C=O) groups is 1. The lowest BCUT2D eigenvalue weighted by Gasteiger charge is -2.41. The van der Waals surface area contributed by atoms with Crippen LogP contribution in [-0.2, 0) is 18.4 Å². The van der Waals surface area contributed by atoms with Gasteiger partial charge in [0.1, 0.15) is 0 Å². The Morgan fingerprint density at radius 3 is 2.67 bits per heavy atom. The Morgan fingerprint density at radius 1 is 1.20 bits per heavy atom. The fraction of sp³-hybridized carbons (Fsp3) is 0.478. The van der Waals surface area contributed by atoms with Crippen LogP contribution in [0.4, 0.5) is 0 Å². The normalized spacial score (nSPS) is 20.1. The van der Waals surface area contributed by atoms with Crippen molar-refractivity contribution in [2.45, 2.75) is 43.9 Å². The lowest BCUT2D eigenvalue weighted by atomic mass is 10.0. The fourth-order valence-corrected chi connectivity index (χ4v) is 4.18. The quantitative estimate of drug-likeness (QED) is 0.635. The van der Waals surface area contributed by atoms with E-state index in [0.717, 1.165) is 31.7 Å². The molecule has 1 unspecified atom stereocenters. The second kappa shape index (κ2) is 8.80. The number of amides is 1. The number of hydrogen-bond donors (Lipinski definition) is 0. The Balaban J connectivity index is 1.41. The molecule has 2 aromatic rings. The minimum Gasteiger partial charge on any atom is -0.339 e. The molecule has 3 heterocycles. The molecule has 1 amide bonds. The zero-order valence-corrected chi connectivity index (χ0v) is 17.4. The van der Waals surface area contributed by atoms with Crippen LogP contribution in [0.5, 0.6) is 0 Å². The molecule has 0 radical (unpaired) electrons. The summed E-state index contributed by atoms with van der Waals surface area (Å²) in [5.74, 6) is 2.80. The first-order chi connectivity index (χ1) is 14.6. The number of benzene rings is 1. The molecule has 1 fully saturated rings. The summed E-state index contributed by atoms with van der Waals surface area (Å²) in [6, 6.07) is 12.6. The van der Waals surface area contributed by atoms with E-state index in [-0.39, 0.29) is 11.9 Å². The molecular weight excluding hydrogens is 376 g/mol. The van der Waals surface area contributed by atoms with Gasteiger partial charge < -0.3 is 4.90 Å². The van der Waals surface area contributed by atoms with Gasteiger partial charge in [0.25, 0.3) is 0 Å². The molecule has 156 valence electrons. The van der Waals surface area contributed by atoms with Gasteiger partial charge in [-0.3, -0.25) is 14.4 Å². The zero-order valence-electron chi connectivity index (χ0n) is 17.4. The van der Waals surface area contributed by atoms with Crippen molar-refractivity contribution in [2.75, 3.05) is 19.6 Å². The van der Waals surface area contributed by atoms with Crippen LogP contribution in [-0.4, -0.2) is 50.8 Å². The predicted octanol–water partition coefficient (Wildman–Crippen LogP) is 3.16. The Labute approximate surface area is 177 Å². The molecule has 0 bridgehead atoms. The Bertz CT molecular complexity index is 938. The second-order valence-electron chi connectivity index (χ2n) is 8.08. The summed E-state index contributed by atoms with van der Waals surface area (Å²) in [6.45, 7) is 3.07. The smallest absolute Gasteiger partial charge is 0.222 e. The van der Waals surface area contributed by atoms with E-state index in [2.05, 4.69) is 50.4 Å². The van der Waals surface area contributed by atoms with Gasteiger partial charge in [-0.2, -0.15) is 15.3 Å². The average molecular weight is 405 g/mol. The van der Waals surface area contributed by atoms with E-state index in [1.165, 1.54) is 5.56 Å². The molecule has 0 spiro atoms. The third kappa shape index (κ3) is 4.60. The molecule has 0 aliphatic carbocycles. The largest absolute Gasteiger partial charge is 0.339 e. The molecule has 0 saturated carbocycles. The van der Waals surface area contributed by atoms with Crippen LogP contribution in [0.3, 0.4) is 0 Å². The third-order valence-corrected chi connectivity index (χ3v) is 6.06. The molecule has 2 aliphatic rings. The Kier molecular flexibility index (Phi) is 5.96. The van der Waals surface area contributed by atoms with Crippen LogP contribution >= 0.6 is 0 Å². The van der Waals surface area contributed by atoms with Crippen molar-refractivity contribution in [2.24, 2.45) is 17.3 Å². The molecule has 4 rings (SSSR count). The Morgan fingerprint density at radius 2 is 2.00 bits per heavy atom. The van der Waals surface area contributed by atoms with E-state index >= 15 is 0 Å². The number of terminal acetylenes is 1. The topological polar surface area (TPSA) is 66.1 Å². The molecule has 1 saturated heterocycles. The highest BCUT2D eigenvalue weighted by molar-refractivity contribution is 5.76. The molecular formula is C23H28N6O. The minimum atomic E-state index is -0.404. The van der Waals surface area contributed by atoms with Crippen LogP contribution in [0.25, 0.3) is 0 Å². The summed E-state index contributed by atoms with van der Waals surface area (Å²) in [4.78, 5) is 17.4. The second-order valence-corrected chi connectivity index (χ2v) is 8.08. The molecule has 1 atom stereocenters. The number of aromatic nitrogens is 2. The molecule has 1 aromatic heterocycles. The molecule has 0 N–H and O–H groups in total. The van der Waals surface area contributed by atoms with Crippen LogP contribution in [0.2, 0.25) is 0 Å². The van der Waals surface area contributed by atoms with Crippen molar-refractivity contribution in [3.63, 3.8) is 0 Å². The molecule has 2 aliphatic heterocycles. The lowest BCUT2D eigenvalue weighted by molar-refractivity contribution is -0.134. The van der Waals surface area contributed by atoms with Gasteiger partial charge in [-0.1, -0.05) is 30.3 Å². The highest BCUT2D eigenvalue weighted by atomic mass is 16.2. The fourth-order valence-electron chi connectivity index (χ4n) is 4.18. The van der Waals surface area contributed by atoms with E-state index < -0.39 is 5.66 Å². The lowest BCUT2D eigenvalue weighted by Crippen LogP contribution is -2.50. The highest BCUT2D eigenvalue weighted by Crippen LogP contribution is 2.38. The van der Waals surface area contributed by atoms with Crippen molar-refractivity contribution < 1.29 is 4.79 Å². The van der Waals surface area contributed by atoms with E-state index in [0.29, 0.717) is 25.8 Å². The van der Waals surface area contributed by atoms with Crippen molar-refractivity contribution in [3.8, 4) is 12.3 Å². The van der Waals surface area contributed by atoms with Crippen molar-refractivity contribution in [1.82, 2.24) is 19.6 Å². The molecule has 7 heteroatoms. The number of aryl methyl sites for hydroxylation is 1. The first kappa shape index (κ1) is 20.3. The summed E-state index contributed by atoms with van der Waals surface area (Å²) >= 11 is 0. The van der Waals surface area contributed by atoms with Gasteiger partial charge in [0.15, 0.2) is 5.66 Å².